The Bertz CT molecular complexity index is 522. The van der Waals surface area contributed by atoms with Gasteiger partial charge in [-0.1, -0.05) is 0 Å². The maximum absolute atomic E-state index is 12.0. The van der Waals surface area contributed by atoms with Crippen molar-refractivity contribution in [2.24, 2.45) is 0 Å². The molecule has 2 aromatic rings. The van der Waals surface area contributed by atoms with E-state index in [1.54, 1.807) is 11.3 Å². The van der Waals surface area contributed by atoms with Gasteiger partial charge in [-0.25, -0.2) is 0 Å². The molecule has 0 aliphatic rings. The molecule has 2 aromatic heterocycles. The second kappa shape index (κ2) is 4.71. The first kappa shape index (κ1) is 11.9. The van der Waals surface area contributed by atoms with E-state index in [-0.39, 0.29) is 5.91 Å². The fourth-order valence-corrected chi connectivity index (χ4v) is 2.57. The molecule has 2 rings (SSSR count). The number of hydrogen-bond acceptors (Lipinski definition) is 3. The standard InChI is InChI=1S/C12H15N3OS/c1-7-5-17-6-10(7)4-13-12(16)11-8(2)14-15-9(11)3/h5-6H,4H2,1-3H3,(H,13,16)(H,14,15). The number of aromatic amines is 1. The van der Waals surface area contributed by atoms with Gasteiger partial charge in [0.05, 0.1) is 11.3 Å². The summed E-state index contributed by atoms with van der Waals surface area (Å²) >= 11 is 1.65. The van der Waals surface area contributed by atoms with Crippen LogP contribution in [0.5, 0.6) is 0 Å². The Morgan fingerprint density at radius 3 is 2.71 bits per heavy atom. The Morgan fingerprint density at radius 2 is 2.18 bits per heavy atom. The lowest BCUT2D eigenvalue weighted by molar-refractivity contribution is 0.0950. The number of thiophene rings is 1. The van der Waals surface area contributed by atoms with Crippen LogP contribution in [0.2, 0.25) is 0 Å². The largest absolute Gasteiger partial charge is 0.348 e. The van der Waals surface area contributed by atoms with Gasteiger partial charge >= 0.3 is 0 Å². The molecule has 0 saturated heterocycles. The van der Waals surface area contributed by atoms with Crippen LogP contribution in [0.4, 0.5) is 0 Å². The first-order valence-corrected chi connectivity index (χ1v) is 6.35. The minimum atomic E-state index is -0.0700. The SMILES string of the molecule is Cc1cscc1CNC(=O)c1c(C)n[nH]c1C. The maximum Gasteiger partial charge on any atom is 0.255 e. The van der Waals surface area contributed by atoms with Gasteiger partial charge in [-0.2, -0.15) is 16.4 Å². The van der Waals surface area contributed by atoms with Crippen molar-refractivity contribution in [3.05, 3.63) is 38.8 Å². The predicted octanol–water partition coefficient (Wildman–Crippen LogP) is 2.33. The summed E-state index contributed by atoms with van der Waals surface area (Å²) in [6.45, 7) is 6.30. The number of rotatable bonds is 3. The van der Waals surface area contributed by atoms with E-state index in [0.717, 1.165) is 11.4 Å². The molecule has 0 radical (unpaired) electrons. The van der Waals surface area contributed by atoms with Crippen LogP contribution < -0.4 is 5.32 Å². The molecule has 0 fully saturated rings. The Morgan fingerprint density at radius 1 is 1.41 bits per heavy atom. The number of aromatic nitrogens is 2. The van der Waals surface area contributed by atoms with Crippen LogP contribution in [0.3, 0.4) is 0 Å². The number of H-pyrrole nitrogens is 1. The summed E-state index contributed by atoms with van der Waals surface area (Å²) in [4.78, 5) is 12.0. The van der Waals surface area contributed by atoms with E-state index in [2.05, 4.69) is 26.3 Å². The van der Waals surface area contributed by atoms with Crippen molar-refractivity contribution in [3.63, 3.8) is 0 Å². The zero-order valence-electron chi connectivity index (χ0n) is 10.1. The van der Waals surface area contributed by atoms with Gasteiger partial charge in [0.1, 0.15) is 0 Å². The summed E-state index contributed by atoms with van der Waals surface area (Å²) in [5.41, 5.74) is 4.58. The van der Waals surface area contributed by atoms with Crippen molar-refractivity contribution in [1.82, 2.24) is 15.5 Å². The highest BCUT2D eigenvalue weighted by Gasteiger charge is 2.14. The molecule has 0 atom stereocenters. The van der Waals surface area contributed by atoms with E-state index >= 15 is 0 Å². The van der Waals surface area contributed by atoms with Gasteiger partial charge < -0.3 is 5.32 Å². The number of nitrogens with one attached hydrogen (secondary N) is 2. The summed E-state index contributed by atoms with van der Waals surface area (Å²) in [7, 11) is 0. The van der Waals surface area contributed by atoms with Gasteiger partial charge in [0.2, 0.25) is 0 Å². The molecule has 4 nitrogen and oxygen atoms in total. The second-order valence-corrected chi connectivity index (χ2v) is 4.82. The zero-order valence-corrected chi connectivity index (χ0v) is 10.9. The third-order valence-electron chi connectivity index (χ3n) is 2.76. The van der Waals surface area contributed by atoms with E-state index in [1.165, 1.54) is 11.1 Å². The van der Waals surface area contributed by atoms with Crippen molar-refractivity contribution in [1.29, 1.82) is 0 Å². The van der Waals surface area contributed by atoms with Crippen LogP contribution in [0, 0.1) is 20.8 Å². The van der Waals surface area contributed by atoms with Crippen molar-refractivity contribution in [3.8, 4) is 0 Å². The monoisotopic (exact) mass is 249 g/mol. The van der Waals surface area contributed by atoms with Gasteiger partial charge in [-0.15, -0.1) is 0 Å². The minimum Gasteiger partial charge on any atom is -0.348 e. The number of carbonyl (C=O) groups is 1. The smallest absolute Gasteiger partial charge is 0.255 e. The van der Waals surface area contributed by atoms with Gasteiger partial charge in [0, 0.05) is 12.2 Å². The number of amides is 1. The van der Waals surface area contributed by atoms with Gasteiger partial charge in [0.25, 0.3) is 5.91 Å². The summed E-state index contributed by atoms with van der Waals surface area (Å²) in [6.07, 6.45) is 0. The van der Waals surface area contributed by atoms with E-state index in [9.17, 15) is 4.79 Å². The van der Waals surface area contributed by atoms with E-state index in [1.807, 2.05) is 20.8 Å². The molecule has 0 aliphatic heterocycles. The third kappa shape index (κ3) is 2.39. The van der Waals surface area contributed by atoms with Crippen molar-refractivity contribution in [2.75, 3.05) is 0 Å². The van der Waals surface area contributed by atoms with E-state index in [0.29, 0.717) is 12.1 Å². The molecule has 17 heavy (non-hydrogen) atoms. The number of hydrogen-bond donors (Lipinski definition) is 2. The zero-order chi connectivity index (χ0) is 12.4. The Balaban J connectivity index is 2.06. The molecule has 2 heterocycles. The van der Waals surface area contributed by atoms with Gasteiger partial charge in [-0.05, 0) is 42.7 Å². The summed E-state index contributed by atoms with van der Waals surface area (Å²) < 4.78 is 0. The Hall–Kier alpha value is -1.62. The number of aryl methyl sites for hydroxylation is 3. The average Bonchev–Trinajstić information content (AvgIpc) is 2.83. The van der Waals surface area contributed by atoms with Crippen LogP contribution in [-0.4, -0.2) is 16.1 Å². The minimum absolute atomic E-state index is 0.0700. The molecule has 0 aliphatic carbocycles. The molecule has 5 heteroatoms. The molecule has 2 N–H and O–H groups in total. The summed E-state index contributed by atoms with van der Waals surface area (Å²) in [5.74, 6) is -0.0700. The van der Waals surface area contributed by atoms with E-state index < -0.39 is 0 Å². The predicted molar refractivity (Wildman–Crippen MR) is 68.3 cm³/mol. The first-order chi connectivity index (χ1) is 8.09. The molecule has 0 saturated carbocycles. The molecular formula is C12H15N3OS. The van der Waals surface area contributed by atoms with Crippen molar-refractivity contribution in [2.45, 2.75) is 27.3 Å². The number of nitrogens with zero attached hydrogens (tertiary/aromatic N) is 1. The van der Waals surface area contributed by atoms with Crippen LogP contribution in [0.1, 0.15) is 32.9 Å². The highest BCUT2D eigenvalue weighted by Crippen LogP contribution is 2.14. The average molecular weight is 249 g/mol. The molecule has 0 spiro atoms. The third-order valence-corrected chi connectivity index (χ3v) is 3.67. The topological polar surface area (TPSA) is 57.8 Å². The highest BCUT2D eigenvalue weighted by atomic mass is 32.1. The molecule has 0 unspecified atom stereocenters. The van der Waals surface area contributed by atoms with Crippen molar-refractivity contribution < 1.29 is 4.79 Å². The lowest BCUT2D eigenvalue weighted by atomic mass is 10.1. The molecule has 0 bridgehead atoms. The second-order valence-electron chi connectivity index (χ2n) is 4.07. The Labute approximate surface area is 104 Å². The van der Waals surface area contributed by atoms with Gasteiger partial charge in [-0.3, -0.25) is 9.89 Å². The molecule has 90 valence electrons. The lowest BCUT2D eigenvalue weighted by Crippen LogP contribution is -2.23. The summed E-state index contributed by atoms with van der Waals surface area (Å²) in [5, 5.41) is 13.9. The highest BCUT2D eigenvalue weighted by molar-refractivity contribution is 7.08. The van der Waals surface area contributed by atoms with Crippen molar-refractivity contribution >= 4 is 17.2 Å². The first-order valence-electron chi connectivity index (χ1n) is 5.41. The fourth-order valence-electron chi connectivity index (χ4n) is 1.72. The van der Waals surface area contributed by atoms with Crippen LogP contribution >= 0.6 is 11.3 Å². The van der Waals surface area contributed by atoms with Gasteiger partial charge in [0.15, 0.2) is 0 Å². The number of carbonyl (C=O) groups excluding carboxylic acids is 1. The van der Waals surface area contributed by atoms with Crippen LogP contribution in [0.15, 0.2) is 10.8 Å². The molecular weight excluding hydrogens is 234 g/mol. The Kier molecular flexibility index (Phi) is 3.28. The molecule has 0 aromatic carbocycles. The lowest BCUT2D eigenvalue weighted by Gasteiger charge is -2.05. The maximum atomic E-state index is 12.0. The molecule has 1 amide bonds. The fraction of sp³-hybridized carbons (Fsp3) is 0.333. The normalized spacial score (nSPS) is 10.5. The van der Waals surface area contributed by atoms with Crippen LogP contribution in [-0.2, 0) is 6.54 Å². The van der Waals surface area contributed by atoms with E-state index in [4.69, 9.17) is 0 Å². The van der Waals surface area contributed by atoms with Crippen LogP contribution in [0.25, 0.3) is 0 Å². The summed E-state index contributed by atoms with van der Waals surface area (Å²) in [6, 6.07) is 0. The quantitative estimate of drug-likeness (QED) is 0.877.